The molecule has 0 bridgehead atoms. The van der Waals surface area contributed by atoms with Crippen molar-refractivity contribution in [2.75, 3.05) is 0 Å². The molecule has 2 rings (SSSR count). The van der Waals surface area contributed by atoms with Crippen LogP contribution in [-0.2, 0) is 0 Å². The van der Waals surface area contributed by atoms with Crippen LogP contribution in [0.25, 0.3) is 11.3 Å². The molecule has 0 saturated carbocycles. The topological polar surface area (TPSA) is 59.3 Å². The van der Waals surface area contributed by atoms with Crippen LogP contribution in [0.1, 0.15) is 30.2 Å². The van der Waals surface area contributed by atoms with E-state index in [-0.39, 0.29) is 11.6 Å². The summed E-state index contributed by atoms with van der Waals surface area (Å²) >= 11 is 0. The quantitative estimate of drug-likeness (QED) is 0.936. The van der Waals surface area contributed by atoms with Gasteiger partial charge in [-0.3, -0.25) is 4.79 Å². The van der Waals surface area contributed by atoms with E-state index in [1.807, 2.05) is 13.8 Å². The van der Waals surface area contributed by atoms with Gasteiger partial charge in [0.15, 0.2) is 5.43 Å². The smallest absolute Gasteiger partial charge is 0.341 e. The van der Waals surface area contributed by atoms with Crippen molar-refractivity contribution in [1.29, 1.82) is 0 Å². The second-order valence-electron chi connectivity index (χ2n) is 4.72. The number of rotatable bonds is 3. The minimum absolute atomic E-state index is 0.0336. The average Bonchev–Trinajstić information content (AvgIpc) is 2.38. The van der Waals surface area contributed by atoms with Gasteiger partial charge in [-0.15, -0.1) is 0 Å². The summed E-state index contributed by atoms with van der Waals surface area (Å²) in [6.07, 6.45) is 1.55. The largest absolute Gasteiger partial charge is 0.477 e. The standard InChI is InChI=1S/C15H14FNO3/c1-9(2)17-8-7-12(18)13(15(19)20)14(17)10-3-5-11(16)6-4-10/h3-9H,1-2H3,(H,19,20). The van der Waals surface area contributed by atoms with Gasteiger partial charge in [0.25, 0.3) is 0 Å². The molecular formula is C15H14FNO3. The lowest BCUT2D eigenvalue weighted by molar-refractivity contribution is 0.0695. The third-order valence-corrected chi connectivity index (χ3v) is 3.02. The molecule has 0 radical (unpaired) electrons. The predicted molar refractivity (Wildman–Crippen MR) is 73.4 cm³/mol. The predicted octanol–water partition coefficient (Wildman–Crippen LogP) is 2.93. The van der Waals surface area contributed by atoms with Gasteiger partial charge in [-0.05, 0) is 43.7 Å². The number of benzene rings is 1. The minimum atomic E-state index is -1.29. The maximum Gasteiger partial charge on any atom is 0.341 e. The lowest BCUT2D eigenvalue weighted by Gasteiger charge is -2.19. The van der Waals surface area contributed by atoms with Gasteiger partial charge in [-0.25, -0.2) is 9.18 Å². The van der Waals surface area contributed by atoms with Crippen LogP contribution in [0.15, 0.2) is 41.3 Å². The van der Waals surface area contributed by atoms with Crippen molar-refractivity contribution in [1.82, 2.24) is 4.57 Å². The second-order valence-corrected chi connectivity index (χ2v) is 4.72. The first-order valence-electron chi connectivity index (χ1n) is 6.16. The van der Waals surface area contributed by atoms with Crippen molar-refractivity contribution in [2.24, 2.45) is 0 Å². The minimum Gasteiger partial charge on any atom is -0.477 e. The maximum atomic E-state index is 13.0. The van der Waals surface area contributed by atoms with Crippen LogP contribution in [0, 0.1) is 5.82 Å². The molecule has 0 aliphatic carbocycles. The number of pyridine rings is 1. The highest BCUT2D eigenvalue weighted by molar-refractivity contribution is 5.94. The summed E-state index contributed by atoms with van der Waals surface area (Å²) < 4.78 is 14.7. The summed E-state index contributed by atoms with van der Waals surface area (Å²) in [5.41, 5.74) is -0.0725. The van der Waals surface area contributed by atoms with Crippen LogP contribution in [0.4, 0.5) is 4.39 Å². The SMILES string of the molecule is CC(C)n1ccc(=O)c(C(=O)O)c1-c1ccc(F)cc1. The Bertz CT molecular complexity index is 702. The van der Waals surface area contributed by atoms with E-state index in [4.69, 9.17) is 0 Å². The molecule has 0 amide bonds. The van der Waals surface area contributed by atoms with Gasteiger partial charge in [0.1, 0.15) is 11.4 Å². The summed E-state index contributed by atoms with van der Waals surface area (Å²) in [7, 11) is 0. The number of carbonyl (C=O) groups is 1. The first-order chi connectivity index (χ1) is 9.41. The molecule has 2 aromatic rings. The van der Waals surface area contributed by atoms with E-state index in [0.717, 1.165) is 0 Å². The van der Waals surface area contributed by atoms with Crippen LogP contribution < -0.4 is 5.43 Å². The number of halogens is 1. The number of carboxylic acids is 1. The van der Waals surface area contributed by atoms with Crippen molar-refractivity contribution >= 4 is 5.97 Å². The Morgan fingerprint density at radius 3 is 2.30 bits per heavy atom. The first-order valence-corrected chi connectivity index (χ1v) is 6.16. The van der Waals surface area contributed by atoms with E-state index >= 15 is 0 Å². The third-order valence-electron chi connectivity index (χ3n) is 3.02. The molecule has 0 aliphatic heterocycles. The molecule has 1 aromatic heterocycles. The highest BCUT2D eigenvalue weighted by atomic mass is 19.1. The fourth-order valence-corrected chi connectivity index (χ4v) is 2.09. The Morgan fingerprint density at radius 2 is 1.80 bits per heavy atom. The monoisotopic (exact) mass is 275 g/mol. The molecule has 1 N–H and O–H groups in total. The lowest BCUT2D eigenvalue weighted by atomic mass is 10.0. The molecule has 4 nitrogen and oxygen atoms in total. The zero-order valence-electron chi connectivity index (χ0n) is 11.1. The average molecular weight is 275 g/mol. The zero-order valence-corrected chi connectivity index (χ0v) is 11.1. The number of carboxylic acid groups (broad SMARTS) is 1. The molecule has 104 valence electrons. The van der Waals surface area contributed by atoms with E-state index in [2.05, 4.69) is 0 Å². The van der Waals surface area contributed by atoms with Crippen molar-refractivity contribution < 1.29 is 14.3 Å². The summed E-state index contributed by atoms with van der Waals surface area (Å²) in [6.45, 7) is 3.76. The van der Waals surface area contributed by atoms with Crippen LogP contribution in [0.2, 0.25) is 0 Å². The fraction of sp³-hybridized carbons (Fsp3) is 0.200. The molecule has 0 saturated heterocycles. The molecule has 1 aromatic carbocycles. The highest BCUT2D eigenvalue weighted by Crippen LogP contribution is 2.25. The Morgan fingerprint density at radius 1 is 1.20 bits per heavy atom. The molecule has 20 heavy (non-hydrogen) atoms. The van der Waals surface area contributed by atoms with E-state index in [1.165, 1.54) is 30.3 Å². The van der Waals surface area contributed by atoms with Gasteiger partial charge in [0.05, 0.1) is 5.69 Å². The number of aromatic nitrogens is 1. The summed E-state index contributed by atoms with van der Waals surface area (Å²) in [5.74, 6) is -1.70. The molecule has 1 heterocycles. The number of hydrogen-bond acceptors (Lipinski definition) is 2. The van der Waals surface area contributed by atoms with Crippen LogP contribution in [0.5, 0.6) is 0 Å². The van der Waals surface area contributed by atoms with Crippen molar-refractivity contribution in [3.8, 4) is 11.3 Å². The number of hydrogen-bond donors (Lipinski definition) is 1. The van der Waals surface area contributed by atoms with Crippen LogP contribution in [-0.4, -0.2) is 15.6 Å². The number of aromatic carboxylic acids is 1. The summed E-state index contributed by atoms with van der Waals surface area (Å²) in [5, 5.41) is 9.28. The van der Waals surface area contributed by atoms with E-state index in [9.17, 15) is 19.1 Å². The van der Waals surface area contributed by atoms with E-state index < -0.39 is 17.2 Å². The van der Waals surface area contributed by atoms with E-state index in [0.29, 0.717) is 11.3 Å². The Balaban J connectivity index is 2.83. The van der Waals surface area contributed by atoms with Gasteiger partial charge in [0.2, 0.25) is 0 Å². The Hall–Kier alpha value is -2.43. The van der Waals surface area contributed by atoms with Crippen molar-refractivity contribution in [3.63, 3.8) is 0 Å². The van der Waals surface area contributed by atoms with Crippen LogP contribution in [0.3, 0.4) is 0 Å². The van der Waals surface area contributed by atoms with Gasteiger partial charge in [0, 0.05) is 18.3 Å². The third kappa shape index (κ3) is 2.47. The first kappa shape index (κ1) is 14.0. The molecule has 5 heteroatoms. The van der Waals surface area contributed by atoms with Gasteiger partial charge in [-0.1, -0.05) is 0 Å². The fourth-order valence-electron chi connectivity index (χ4n) is 2.09. The molecule has 0 aliphatic rings. The maximum absolute atomic E-state index is 13.0. The molecule has 0 unspecified atom stereocenters. The molecule has 0 spiro atoms. The second kappa shape index (κ2) is 5.28. The van der Waals surface area contributed by atoms with Gasteiger partial charge >= 0.3 is 5.97 Å². The zero-order chi connectivity index (χ0) is 14.9. The molecule has 0 fully saturated rings. The Kier molecular flexibility index (Phi) is 3.70. The molecule has 0 atom stereocenters. The van der Waals surface area contributed by atoms with Gasteiger partial charge in [-0.2, -0.15) is 0 Å². The number of nitrogens with zero attached hydrogens (tertiary/aromatic N) is 1. The molecular weight excluding hydrogens is 261 g/mol. The van der Waals surface area contributed by atoms with E-state index in [1.54, 1.807) is 10.8 Å². The lowest BCUT2D eigenvalue weighted by Crippen LogP contribution is -2.21. The van der Waals surface area contributed by atoms with Crippen molar-refractivity contribution in [2.45, 2.75) is 19.9 Å². The highest BCUT2D eigenvalue weighted by Gasteiger charge is 2.20. The van der Waals surface area contributed by atoms with Crippen molar-refractivity contribution in [3.05, 3.63) is 58.1 Å². The normalized spacial score (nSPS) is 10.8. The summed E-state index contributed by atoms with van der Waals surface area (Å²) in [4.78, 5) is 23.2. The van der Waals surface area contributed by atoms with Crippen LogP contribution >= 0.6 is 0 Å². The summed E-state index contributed by atoms with van der Waals surface area (Å²) in [6, 6.07) is 6.61. The van der Waals surface area contributed by atoms with Gasteiger partial charge < -0.3 is 9.67 Å². The Labute approximate surface area is 115 Å².